The van der Waals surface area contributed by atoms with Gasteiger partial charge in [-0.1, -0.05) is 139 Å². The van der Waals surface area contributed by atoms with Crippen LogP contribution in [0.25, 0.3) is 0 Å². The van der Waals surface area contributed by atoms with Crippen molar-refractivity contribution in [2.24, 2.45) is 0 Å². The molecule has 366 valence electrons. The quantitative estimate of drug-likeness (QED) is 0.0169. The number of phosphoric ester groups is 1. The van der Waals surface area contributed by atoms with Gasteiger partial charge in [-0.25, -0.2) is 0 Å². The van der Waals surface area contributed by atoms with Crippen molar-refractivity contribution < 1.29 is 51.6 Å². The lowest BCUT2D eigenvalue weighted by Crippen LogP contribution is -2.37. The first-order valence-electron chi connectivity index (χ1n) is 24.5. The Morgan fingerprint density at radius 1 is 0.703 bits per heavy atom. The van der Waals surface area contributed by atoms with Gasteiger partial charge in [0, 0.05) is 25.7 Å². The van der Waals surface area contributed by atoms with Crippen LogP contribution in [0.4, 0.5) is 0 Å². The second kappa shape index (κ2) is 37.1. The van der Waals surface area contributed by atoms with Gasteiger partial charge in [-0.3, -0.25) is 14.2 Å². The van der Waals surface area contributed by atoms with Gasteiger partial charge in [0.1, 0.15) is 31.3 Å². The highest BCUT2D eigenvalue weighted by Crippen LogP contribution is 2.38. The molecule has 0 radical (unpaired) electrons. The van der Waals surface area contributed by atoms with E-state index in [1.54, 1.807) is 6.08 Å². The van der Waals surface area contributed by atoms with Crippen LogP contribution in [0.2, 0.25) is 0 Å². The number of aliphatic hydroxyl groups excluding tert-OH is 1. The zero-order valence-corrected chi connectivity index (χ0v) is 41.9. The lowest BCUT2D eigenvalue weighted by atomic mass is 10.0. The van der Waals surface area contributed by atoms with E-state index in [9.17, 15) is 24.2 Å². The lowest BCUT2D eigenvalue weighted by molar-refractivity contribution is -0.870. The molecule has 0 saturated heterocycles. The number of esters is 2. The fraction of sp³-hybridized carbons (Fsp3) is 0.692. The van der Waals surface area contributed by atoms with Crippen LogP contribution in [0, 0.1) is 13.8 Å². The second-order valence-electron chi connectivity index (χ2n) is 17.9. The Morgan fingerprint density at radius 2 is 1.28 bits per heavy atom. The highest BCUT2D eigenvalue weighted by Gasteiger charge is 2.22. The molecule has 0 fully saturated rings. The van der Waals surface area contributed by atoms with Crippen molar-refractivity contribution in [2.75, 3.05) is 47.5 Å². The molecule has 1 aromatic heterocycles. The molecule has 11 nitrogen and oxygen atoms in total. The van der Waals surface area contributed by atoms with Crippen LogP contribution in [0.15, 0.2) is 65.2 Å². The van der Waals surface area contributed by atoms with Crippen molar-refractivity contribution >= 4 is 19.8 Å². The van der Waals surface area contributed by atoms with Crippen molar-refractivity contribution in [3.63, 3.8) is 0 Å². The van der Waals surface area contributed by atoms with Crippen molar-refractivity contribution in [2.45, 2.75) is 188 Å². The average molecular weight is 918 g/mol. The number of furan rings is 1. The zero-order valence-electron chi connectivity index (χ0n) is 41.0. The summed E-state index contributed by atoms with van der Waals surface area (Å²) in [6.45, 7) is 8.28. The number of allylic oxidation sites excluding steroid dienone is 8. The number of ether oxygens (including phenoxy) is 2. The Morgan fingerprint density at radius 3 is 1.92 bits per heavy atom. The predicted octanol–water partition coefficient (Wildman–Crippen LogP) is 12.0. The van der Waals surface area contributed by atoms with Crippen LogP contribution in [-0.2, 0) is 45.5 Å². The average Bonchev–Trinajstić information content (AvgIpc) is 3.51. The summed E-state index contributed by atoms with van der Waals surface area (Å²) in [4.78, 5) is 37.7. The lowest BCUT2D eigenvalue weighted by Gasteiger charge is -2.28. The molecule has 1 heterocycles. The third-order valence-corrected chi connectivity index (χ3v) is 11.8. The van der Waals surface area contributed by atoms with E-state index in [0.29, 0.717) is 36.7 Å². The molecule has 0 aliphatic rings. The molecule has 1 rings (SSSR count). The van der Waals surface area contributed by atoms with E-state index < -0.39 is 38.6 Å². The first kappa shape index (κ1) is 59.0. The van der Waals surface area contributed by atoms with Crippen LogP contribution < -0.4 is 4.89 Å². The molecule has 12 heteroatoms. The molecule has 64 heavy (non-hydrogen) atoms. The van der Waals surface area contributed by atoms with Crippen molar-refractivity contribution in [3.8, 4) is 0 Å². The van der Waals surface area contributed by atoms with Crippen LogP contribution in [0.1, 0.15) is 171 Å². The molecular formula is C52H88NO10P. The molecule has 1 N–H and O–H groups in total. The SMILES string of the molecule is CC/C=C\C/C=C\CC(O)/C=C/C=C\C/C=C\CCCC(=O)OC[C@H](COP(=O)([O-])OCC[N+](C)(C)C)OC(=O)CCCCCCCCCCCCc1oc(CCCCC)c(C)c1C. The molecular weight excluding hydrogens is 830 g/mol. The summed E-state index contributed by atoms with van der Waals surface area (Å²) in [5.41, 5.74) is 2.67. The van der Waals surface area contributed by atoms with Crippen LogP contribution >= 0.6 is 7.82 Å². The van der Waals surface area contributed by atoms with Crippen molar-refractivity contribution in [3.05, 3.63) is 83.4 Å². The number of rotatable bonds is 40. The van der Waals surface area contributed by atoms with E-state index in [1.807, 2.05) is 57.6 Å². The van der Waals surface area contributed by atoms with Gasteiger partial charge in [0.2, 0.25) is 0 Å². The summed E-state index contributed by atoms with van der Waals surface area (Å²) < 4.78 is 40.2. The number of likely N-dealkylation sites (N-methyl/N-ethyl adjacent to an activating group) is 1. The number of aryl methyl sites for hydroxylation is 2. The minimum absolute atomic E-state index is 0.0581. The number of hydrogen-bond acceptors (Lipinski definition) is 10. The number of carbonyl (C=O) groups is 2. The number of unbranched alkanes of at least 4 members (excludes halogenated alkanes) is 12. The molecule has 3 atom stereocenters. The molecule has 0 aliphatic heterocycles. The maximum Gasteiger partial charge on any atom is 0.306 e. The van der Waals surface area contributed by atoms with E-state index in [2.05, 4.69) is 45.9 Å². The molecule has 2 unspecified atom stereocenters. The first-order chi connectivity index (χ1) is 30.7. The first-order valence-corrected chi connectivity index (χ1v) is 25.9. The molecule has 0 aromatic carbocycles. The normalized spacial score (nSPS) is 14.5. The number of quaternary nitrogens is 1. The van der Waals surface area contributed by atoms with Crippen molar-refractivity contribution in [1.82, 2.24) is 0 Å². The van der Waals surface area contributed by atoms with E-state index in [-0.39, 0.29) is 26.1 Å². The summed E-state index contributed by atoms with van der Waals surface area (Å²) in [7, 11) is 1.07. The van der Waals surface area contributed by atoms with Gasteiger partial charge in [-0.2, -0.15) is 0 Å². The highest BCUT2D eigenvalue weighted by atomic mass is 31.2. The molecule has 0 saturated carbocycles. The molecule has 0 amide bonds. The van der Waals surface area contributed by atoms with Gasteiger partial charge in [-0.15, -0.1) is 0 Å². The number of phosphoric acid groups is 1. The summed E-state index contributed by atoms with van der Waals surface area (Å²) in [6, 6.07) is 0. The number of carbonyl (C=O) groups excluding carboxylic acids is 2. The molecule has 0 aliphatic carbocycles. The smallest absolute Gasteiger partial charge is 0.306 e. The van der Waals surface area contributed by atoms with Gasteiger partial charge in [-0.05, 0) is 82.8 Å². The van der Waals surface area contributed by atoms with Gasteiger partial charge >= 0.3 is 11.9 Å². The Bertz CT molecular complexity index is 1570. The van der Waals surface area contributed by atoms with Gasteiger partial charge < -0.3 is 37.4 Å². The number of aliphatic hydroxyl groups is 1. The number of nitrogens with zero attached hydrogens (tertiary/aromatic N) is 1. The summed E-state index contributed by atoms with van der Waals surface area (Å²) in [5, 5.41) is 10.0. The fourth-order valence-corrected chi connectivity index (χ4v) is 7.45. The molecule has 1 aromatic rings. The summed E-state index contributed by atoms with van der Waals surface area (Å²) in [5.74, 6) is 1.40. The fourth-order valence-electron chi connectivity index (χ4n) is 6.72. The predicted molar refractivity (Wildman–Crippen MR) is 259 cm³/mol. The van der Waals surface area contributed by atoms with Gasteiger partial charge in [0.05, 0.1) is 33.9 Å². The van der Waals surface area contributed by atoms with E-state index >= 15 is 0 Å². The van der Waals surface area contributed by atoms with Crippen LogP contribution in [0.3, 0.4) is 0 Å². The third kappa shape index (κ3) is 33.4. The van der Waals surface area contributed by atoms with E-state index in [1.165, 1.54) is 74.0 Å². The maximum atomic E-state index is 12.8. The zero-order chi connectivity index (χ0) is 47.3. The standard InChI is InChI=1S/C52H88NO10P/c1-8-10-12-13-24-30-35-47(54)36-31-25-20-18-19-22-27-33-39-51(55)59-43-48(44-61-64(57,58)60-42-41-53(5,6)7)62-52(56)40-34-28-23-17-15-14-16-21-26-32-38-50-46(4)45(3)49(63-50)37-29-11-9-2/h10,12,19-20,22,24-25,30-31,36,47-48,54H,8-9,11,13-18,21,23,26-29,32-35,37-44H2,1-7H3/b12-10-,22-19-,25-20-,30-24-,36-31+/t47?,48-/m1/s1. The van der Waals surface area contributed by atoms with Gasteiger partial charge in [0.25, 0.3) is 7.82 Å². The van der Waals surface area contributed by atoms with Crippen LogP contribution in [0.5, 0.6) is 0 Å². The van der Waals surface area contributed by atoms with Crippen LogP contribution in [-0.4, -0.2) is 81.2 Å². The minimum Gasteiger partial charge on any atom is -0.756 e. The number of hydrogen-bond donors (Lipinski definition) is 1. The summed E-state index contributed by atoms with van der Waals surface area (Å²) >= 11 is 0. The monoisotopic (exact) mass is 918 g/mol. The molecule has 0 bridgehead atoms. The third-order valence-electron chi connectivity index (χ3n) is 10.8. The Hall–Kier alpha value is -3.05. The van der Waals surface area contributed by atoms with Gasteiger partial charge in [0.15, 0.2) is 6.10 Å². The maximum absolute atomic E-state index is 12.8. The van der Waals surface area contributed by atoms with E-state index in [0.717, 1.165) is 57.8 Å². The van der Waals surface area contributed by atoms with E-state index in [4.69, 9.17) is 22.9 Å². The minimum atomic E-state index is -4.67. The highest BCUT2D eigenvalue weighted by molar-refractivity contribution is 7.45. The Labute approximate surface area is 388 Å². The Kier molecular flexibility index (Phi) is 34.2. The summed E-state index contributed by atoms with van der Waals surface area (Å²) in [6.07, 6.45) is 39.6. The molecule has 0 spiro atoms. The Balaban J connectivity index is 2.37. The second-order valence-corrected chi connectivity index (χ2v) is 19.3. The van der Waals surface area contributed by atoms with Crippen molar-refractivity contribution in [1.29, 1.82) is 0 Å². The topological polar surface area (TPSA) is 145 Å². The largest absolute Gasteiger partial charge is 0.756 e.